The number of aliphatic hydroxyl groups is 2. The smallest absolute Gasteiger partial charge is 0.337 e. The summed E-state index contributed by atoms with van der Waals surface area (Å²) in [7, 11) is 1.30. The molecule has 9 nitrogen and oxygen atoms in total. The molecule has 0 saturated carbocycles. The summed E-state index contributed by atoms with van der Waals surface area (Å²) in [5, 5.41) is 21.3. The van der Waals surface area contributed by atoms with Crippen molar-refractivity contribution in [3.05, 3.63) is 95.1 Å². The highest BCUT2D eigenvalue weighted by Crippen LogP contribution is 2.37. The molecule has 1 unspecified atom stereocenters. The number of methoxy groups -OCH3 is 1. The van der Waals surface area contributed by atoms with Crippen molar-refractivity contribution in [3.8, 4) is 0 Å². The molecule has 4 rings (SSSR count). The van der Waals surface area contributed by atoms with E-state index in [1.165, 1.54) is 12.0 Å². The second-order valence-electron chi connectivity index (χ2n) is 8.37. The van der Waals surface area contributed by atoms with Crippen LogP contribution in [-0.4, -0.2) is 72.0 Å². The van der Waals surface area contributed by atoms with Crippen molar-refractivity contribution in [2.45, 2.75) is 5.92 Å². The SMILES string of the molecule is COC(=O)c1ccc2c(c1)NC(=O)C2C(=Nc1ccc(C(=O)N(CCO)CCO)cc1)c1ccccc1. The Kier molecular flexibility index (Phi) is 8.07. The lowest BCUT2D eigenvalue weighted by Gasteiger charge is -2.20. The largest absolute Gasteiger partial charge is 0.465 e. The molecule has 0 aliphatic carbocycles. The fraction of sp³-hybridized carbons (Fsp3) is 0.214. The van der Waals surface area contributed by atoms with Crippen LogP contribution in [0.25, 0.3) is 0 Å². The van der Waals surface area contributed by atoms with Gasteiger partial charge in [-0.05, 0) is 47.5 Å². The van der Waals surface area contributed by atoms with Crippen molar-refractivity contribution in [2.75, 3.05) is 38.7 Å². The summed E-state index contributed by atoms with van der Waals surface area (Å²) >= 11 is 0. The lowest BCUT2D eigenvalue weighted by Crippen LogP contribution is -2.35. The first-order valence-corrected chi connectivity index (χ1v) is 11.7. The Bertz CT molecular complexity index is 1320. The normalized spacial score (nSPS) is 14.6. The molecule has 3 N–H and O–H groups in total. The van der Waals surface area contributed by atoms with E-state index in [-0.39, 0.29) is 38.1 Å². The number of rotatable bonds is 9. The molecular formula is C28H27N3O6. The minimum Gasteiger partial charge on any atom is -0.465 e. The maximum absolute atomic E-state index is 13.1. The average Bonchev–Trinajstić information content (AvgIpc) is 3.26. The van der Waals surface area contributed by atoms with Crippen LogP contribution in [0, 0.1) is 0 Å². The molecule has 0 fully saturated rings. The van der Waals surface area contributed by atoms with Crippen LogP contribution in [0.4, 0.5) is 11.4 Å². The quantitative estimate of drug-likeness (QED) is 0.306. The molecule has 3 aromatic carbocycles. The van der Waals surface area contributed by atoms with Crippen molar-refractivity contribution in [2.24, 2.45) is 4.99 Å². The molecule has 190 valence electrons. The third kappa shape index (κ3) is 5.58. The molecular weight excluding hydrogens is 474 g/mol. The zero-order valence-electron chi connectivity index (χ0n) is 20.3. The molecule has 3 aromatic rings. The van der Waals surface area contributed by atoms with Gasteiger partial charge in [-0.3, -0.25) is 14.6 Å². The number of fused-ring (bicyclic) bond motifs is 1. The van der Waals surface area contributed by atoms with Gasteiger partial charge in [0.15, 0.2) is 0 Å². The van der Waals surface area contributed by atoms with E-state index in [1.807, 2.05) is 30.3 Å². The second-order valence-corrected chi connectivity index (χ2v) is 8.37. The number of aliphatic imine (C=N–C) groups is 1. The molecule has 0 radical (unpaired) electrons. The Labute approximate surface area is 214 Å². The number of esters is 1. The number of nitrogens with zero attached hydrogens (tertiary/aromatic N) is 2. The summed E-state index contributed by atoms with van der Waals surface area (Å²) in [6, 6.07) is 20.9. The van der Waals surface area contributed by atoms with Gasteiger partial charge in [0.05, 0.1) is 37.3 Å². The van der Waals surface area contributed by atoms with Gasteiger partial charge in [-0.25, -0.2) is 4.79 Å². The number of ether oxygens (including phenoxy) is 1. The van der Waals surface area contributed by atoms with E-state index in [1.54, 1.807) is 42.5 Å². The Hall–Kier alpha value is -4.34. The highest BCUT2D eigenvalue weighted by Gasteiger charge is 2.36. The molecule has 0 bridgehead atoms. The zero-order valence-corrected chi connectivity index (χ0v) is 20.3. The van der Waals surface area contributed by atoms with Crippen LogP contribution in [0.15, 0.2) is 77.8 Å². The summed E-state index contributed by atoms with van der Waals surface area (Å²) in [4.78, 5) is 44.0. The third-order valence-electron chi connectivity index (χ3n) is 6.04. The minimum absolute atomic E-state index is 0.116. The topological polar surface area (TPSA) is 129 Å². The number of benzene rings is 3. The van der Waals surface area contributed by atoms with Crippen molar-refractivity contribution in [1.82, 2.24) is 4.90 Å². The number of aliphatic hydroxyl groups excluding tert-OH is 2. The molecule has 1 aliphatic rings. The van der Waals surface area contributed by atoms with Crippen molar-refractivity contribution < 1.29 is 29.3 Å². The number of amides is 2. The van der Waals surface area contributed by atoms with Gasteiger partial charge in [-0.2, -0.15) is 0 Å². The van der Waals surface area contributed by atoms with Gasteiger partial charge in [0.1, 0.15) is 5.92 Å². The van der Waals surface area contributed by atoms with E-state index in [2.05, 4.69) is 5.32 Å². The van der Waals surface area contributed by atoms with E-state index < -0.39 is 11.9 Å². The highest BCUT2D eigenvalue weighted by molar-refractivity contribution is 6.24. The van der Waals surface area contributed by atoms with E-state index in [0.29, 0.717) is 33.8 Å². The first-order valence-electron chi connectivity index (χ1n) is 11.7. The zero-order chi connectivity index (χ0) is 26.4. The van der Waals surface area contributed by atoms with Crippen LogP contribution < -0.4 is 5.32 Å². The Morgan fingerprint density at radius 1 is 0.919 bits per heavy atom. The lowest BCUT2D eigenvalue weighted by molar-refractivity contribution is -0.115. The van der Waals surface area contributed by atoms with Crippen molar-refractivity contribution in [3.63, 3.8) is 0 Å². The van der Waals surface area contributed by atoms with Crippen molar-refractivity contribution in [1.29, 1.82) is 0 Å². The van der Waals surface area contributed by atoms with E-state index in [9.17, 15) is 24.6 Å². The molecule has 1 aliphatic heterocycles. The van der Waals surface area contributed by atoms with Crippen LogP contribution in [0.3, 0.4) is 0 Å². The average molecular weight is 502 g/mol. The highest BCUT2D eigenvalue weighted by atomic mass is 16.5. The van der Waals surface area contributed by atoms with Gasteiger partial charge in [0.25, 0.3) is 5.91 Å². The number of anilines is 1. The molecule has 0 saturated heterocycles. The fourth-order valence-corrected chi connectivity index (χ4v) is 4.24. The van der Waals surface area contributed by atoms with Crippen LogP contribution in [0.2, 0.25) is 0 Å². The van der Waals surface area contributed by atoms with Gasteiger partial charge in [0, 0.05) is 24.3 Å². The monoisotopic (exact) mass is 501 g/mol. The minimum atomic E-state index is -0.713. The first kappa shape index (κ1) is 25.7. The van der Waals surface area contributed by atoms with E-state index in [4.69, 9.17) is 9.73 Å². The van der Waals surface area contributed by atoms with Gasteiger partial charge in [-0.1, -0.05) is 36.4 Å². The Morgan fingerprint density at radius 3 is 2.19 bits per heavy atom. The standard InChI is InChI=1S/C28H27N3O6/c1-37-28(36)20-9-12-22-23(17-20)30-26(34)24(22)25(18-5-3-2-4-6-18)29-21-10-7-19(8-11-21)27(35)31(13-15-32)14-16-33/h2-12,17,24,32-33H,13-16H2,1H3,(H,30,34). The molecule has 9 heteroatoms. The lowest BCUT2D eigenvalue weighted by atomic mass is 9.90. The summed E-state index contributed by atoms with van der Waals surface area (Å²) in [6.07, 6.45) is 0. The number of hydrogen-bond donors (Lipinski definition) is 3. The molecule has 1 atom stereocenters. The number of hydrogen-bond acceptors (Lipinski definition) is 7. The predicted octanol–water partition coefficient (Wildman–Crippen LogP) is 2.76. The van der Waals surface area contributed by atoms with Gasteiger partial charge >= 0.3 is 5.97 Å². The molecule has 37 heavy (non-hydrogen) atoms. The summed E-state index contributed by atoms with van der Waals surface area (Å²) in [5.74, 6) is -1.79. The Morgan fingerprint density at radius 2 is 1.57 bits per heavy atom. The van der Waals surface area contributed by atoms with Gasteiger partial charge in [-0.15, -0.1) is 0 Å². The number of nitrogens with one attached hydrogen (secondary N) is 1. The summed E-state index contributed by atoms with van der Waals surface area (Å²) < 4.78 is 4.79. The summed E-state index contributed by atoms with van der Waals surface area (Å²) in [5.41, 5.74) is 3.75. The van der Waals surface area contributed by atoms with Crippen LogP contribution >= 0.6 is 0 Å². The maximum atomic E-state index is 13.1. The summed E-state index contributed by atoms with van der Waals surface area (Å²) in [6.45, 7) is -0.183. The van der Waals surface area contributed by atoms with Crippen LogP contribution in [-0.2, 0) is 9.53 Å². The van der Waals surface area contributed by atoms with E-state index >= 15 is 0 Å². The van der Waals surface area contributed by atoms with E-state index in [0.717, 1.165) is 5.56 Å². The second kappa shape index (κ2) is 11.6. The number of carbonyl (C=O) groups excluding carboxylic acids is 3. The van der Waals surface area contributed by atoms with Gasteiger partial charge < -0.3 is 25.2 Å². The van der Waals surface area contributed by atoms with Crippen LogP contribution in [0.1, 0.15) is 37.8 Å². The first-order chi connectivity index (χ1) is 18.0. The molecule has 0 spiro atoms. The predicted molar refractivity (Wildman–Crippen MR) is 138 cm³/mol. The molecule has 0 aromatic heterocycles. The van der Waals surface area contributed by atoms with Crippen LogP contribution in [0.5, 0.6) is 0 Å². The fourth-order valence-electron chi connectivity index (χ4n) is 4.24. The molecule has 1 heterocycles. The van der Waals surface area contributed by atoms with Gasteiger partial charge in [0.2, 0.25) is 5.91 Å². The van der Waals surface area contributed by atoms with Crippen molar-refractivity contribution >= 4 is 34.9 Å². The maximum Gasteiger partial charge on any atom is 0.337 e. The third-order valence-corrected chi connectivity index (χ3v) is 6.04. The number of carbonyl (C=O) groups is 3. The Balaban J connectivity index is 1.71. The molecule has 2 amide bonds.